The van der Waals surface area contributed by atoms with Crippen LogP contribution in [0.3, 0.4) is 0 Å². The van der Waals surface area contributed by atoms with Crippen molar-refractivity contribution >= 4 is 46.4 Å². The fourth-order valence-electron chi connectivity index (χ4n) is 3.12. The van der Waals surface area contributed by atoms with Crippen molar-refractivity contribution in [2.75, 3.05) is 26.2 Å². The summed E-state index contributed by atoms with van der Waals surface area (Å²) in [7, 11) is 0. The third-order valence-corrected chi connectivity index (χ3v) is 6.41. The molecule has 1 aliphatic rings. The molecule has 1 aliphatic heterocycles. The molecule has 1 fully saturated rings. The Morgan fingerprint density at radius 1 is 1.07 bits per heavy atom. The molecule has 7 nitrogen and oxygen atoms in total. The molecule has 1 heterocycles. The zero-order chi connectivity index (χ0) is 21.8. The molecule has 3 rings (SSSR count). The molecular weight excluding hydrogens is 426 g/mol. The van der Waals surface area contributed by atoms with Gasteiger partial charge in [-0.25, -0.2) is 0 Å². The van der Waals surface area contributed by atoms with E-state index in [9.17, 15) is 19.7 Å². The van der Waals surface area contributed by atoms with Crippen molar-refractivity contribution in [2.45, 2.75) is 16.7 Å². The van der Waals surface area contributed by atoms with Gasteiger partial charge in [-0.05, 0) is 23.8 Å². The Balaban J connectivity index is 1.79. The first-order valence-corrected chi connectivity index (χ1v) is 10.4. The summed E-state index contributed by atoms with van der Waals surface area (Å²) in [5.74, 6) is -0.317. The van der Waals surface area contributed by atoms with Gasteiger partial charge >= 0.3 is 0 Å². The van der Waals surface area contributed by atoms with Crippen LogP contribution >= 0.6 is 23.4 Å². The lowest BCUT2D eigenvalue weighted by Crippen LogP contribution is -2.50. The lowest BCUT2D eigenvalue weighted by atomic mass is 10.1. The average molecular weight is 446 g/mol. The van der Waals surface area contributed by atoms with Gasteiger partial charge in [-0.15, -0.1) is 0 Å². The van der Waals surface area contributed by atoms with Crippen LogP contribution in [0.1, 0.15) is 12.5 Å². The topological polar surface area (TPSA) is 83.8 Å². The van der Waals surface area contributed by atoms with Gasteiger partial charge in [0.05, 0.1) is 14.8 Å². The second-order valence-electron chi connectivity index (χ2n) is 6.75. The quantitative estimate of drug-likeness (QED) is 0.393. The number of carbonyl (C=O) groups is 2. The molecule has 156 valence electrons. The zero-order valence-corrected chi connectivity index (χ0v) is 17.9. The van der Waals surface area contributed by atoms with Crippen LogP contribution in [-0.2, 0) is 9.59 Å². The SMILES string of the molecule is C=C(C(=O)N1CCN(C(C)=O)CC1)c1ccc(Sc2ccccc2Cl)c([N+](=O)[O-])c1. The number of nitro groups is 1. The number of halogens is 1. The maximum absolute atomic E-state index is 12.8. The van der Waals surface area contributed by atoms with Crippen LogP contribution in [0.25, 0.3) is 5.57 Å². The lowest BCUT2D eigenvalue weighted by molar-refractivity contribution is -0.387. The molecule has 0 saturated carbocycles. The highest BCUT2D eigenvalue weighted by molar-refractivity contribution is 7.99. The normalized spacial score (nSPS) is 13.8. The first-order chi connectivity index (χ1) is 14.3. The van der Waals surface area contributed by atoms with Crippen LogP contribution in [0.4, 0.5) is 5.69 Å². The van der Waals surface area contributed by atoms with Gasteiger partial charge in [-0.3, -0.25) is 19.7 Å². The molecule has 2 amide bonds. The predicted octanol–water partition coefficient (Wildman–Crippen LogP) is 4.10. The molecule has 9 heteroatoms. The number of rotatable bonds is 5. The molecule has 2 aromatic rings. The summed E-state index contributed by atoms with van der Waals surface area (Å²) < 4.78 is 0. The molecular formula is C21H20ClN3O4S. The van der Waals surface area contributed by atoms with E-state index < -0.39 is 4.92 Å². The van der Waals surface area contributed by atoms with E-state index in [0.717, 1.165) is 0 Å². The van der Waals surface area contributed by atoms with E-state index >= 15 is 0 Å². The second kappa shape index (κ2) is 9.32. The molecule has 1 saturated heterocycles. The van der Waals surface area contributed by atoms with Crippen LogP contribution in [0.2, 0.25) is 5.02 Å². The van der Waals surface area contributed by atoms with Gasteiger partial charge in [0.15, 0.2) is 0 Å². The summed E-state index contributed by atoms with van der Waals surface area (Å²) in [6.45, 7) is 7.08. The Morgan fingerprint density at radius 2 is 1.70 bits per heavy atom. The maximum atomic E-state index is 12.8. The molecule has 0 spiro atoms. The van der Waals surface area contributed by atoms with Gasteiger partial charge in [-0.1, -0.05) is 48.1 Å². The van der Waals surface area contributed by atoms with Crippen LogP contribution < -0.4 is 0 Å². The molecule has 0 bridgehead atoms. The molecule has 0 radical (unpaired) electrons. The van der Waals surface area contributed by atoms with Crippen molar-refractivity contribution in [3.05, 3.63) is 69.7 Å². The van der Waals surface area contributed by atoms with Crippen molar-refractivity contribution in [1.29, 1.82) is 0 Å². The maximum Gasteiger partial charge on any atom is 0.283 e. The van der Waals surface area contributed by atoms with Crippen LogP contribution in [0, 0.1) is 10.1 Å². The number of hydrogen-bond acceptors (Lipinski definition) is 5. The molecule has 2 aromatic carbocycles. The summed E-state index contributed by atoms with van der Waals surface area (Å²) in [4.78, 5) is 39.8. The molecule has 0 aromatic heterocycles. The van der Waals surface area contributed by atoms with Crippen LogP contribution in [0.15, 0.2) is 58.8 Å². The Bertz CT molecular complexity index is 1020. The minimum Gasteiger partial charge on any atom is -0.339 e. The van der Waals surface area contributed by atoms with E-state index in [1.807, 2.05) is 0 Å². The van der Waals surface area contributed by atoms with Gasteiger partial charge in [0.1, 0.15) is 0 Å². The molecule has 0 aliphatic carbocycles. The summed E-state index contributed by atoms with van der Waals surface area (Å²) in [5, 5.41) is 12.1. The van der Waals surface area contributed by atoms with Crippen molar-refractivity contribution in [3.8, 4) is 0 Å². The Hall–Kier alpha value is -2.84. The number of nitro benzene ring substituents is 1. The van der Waals surface area contributed by atoms with Gasteiger partial charge in [0.25, 0.3) is 11.6 Å². The molecule has 0 N–H and O–H groups in total. The summed E-state index contributed by atoms with van der Waals surface area (Å²) in [5.41, 5.74) is 0.459. The largest absolute Gasteiger partial charge is 0.339 e. The Kier molecular flexibility index (Phi) is 6.79. The molecule has 30 heavy (non-hydrogen) atoms. The Morgan fingerprint density at radius 3 is 2.30 bits per heavy atom. The minimum atomic E-state index is -0.480. The summed E-state index contributed by atoms with van der Waals surface area (Å²) in [6.07, 6.45) is 0. The summed E-state index contributed by atoms with van der Waals surface area (Å²) in [6, 6.07) is 11.7. The van der Waals surface area contributed by atoms with Crippen molar-refractivity contribution in [3.63, 3.8) is 0 Å². The van der Waals surface area contributed by atoms with E-state index in [1.54, 1.807) is 46.2 Å². The van der Waals surface area contributed by atoms with Gasteiger partial charge in [0, 0.05) is 49.6 Å². The highest BCUT2D eigenvalue weighted by Gasteiger charge is 2.26. The predicted molar refractivity (Wildman–Crippen MR) is 117 cm³/mol. The Labute approximate surface area is 183 Å². The number of hydrogen-bond donors (Lipinski definition) is 0. The number of piperazine rings is 1. The number of carbonyl (C=O) groups excluding carboxylic acids is 2. The summed E-state index contributed by atoms with van der Waals surface area (Å²) >= 11 is 7.36. The lowest BCUT2D eigenvalue weighted by Gasteiger charge is -2.34. The van der Waals surface area contributed by atoms with Crippen LogP contribution in [-0.4, -0.2) is 52.7 Å². The van der Waals surface area contributed by atoms with E-state index in [1.165, 1.54) is 24.8 Å². The van der Waals surface area contributed by atoms with Gasteiger partial charge in [0.2, 0.25) is 5.91 Å². The monoisotopic (exact) mass is 445 g/mol. The smallest absolute Gasteiger partial charge is 0.283 e. The van der Waals surface area contributed by atoms with Gasteiger partial charge in [-0.2, -0.15) is 0 Å². The van der Waals surface area contributed by atoms with E-state index in [4.69, 9.17) is 11.6 Å². The van der Waals surface area contributed by atoms with Gasteiger partial charge < -0.3 is 9.80 Å². The van der Waals surface area contributed by atoms with E-state index in [0.29, 0.717) is 46.6 Å². The third-order valence-electron chi connectivity index (χ3n) is 4.83. The zero-order valence-electron chi connectivity index (χ0n) is 16.3. The first kappa shape index (κ1) is 21.9. The van der Waals surface area contributed by atoms with E-state index in [2.05, 4.69) is 6.58 Å². The van der Waals surface area contributed by atoms with E-state index in [-0.39, 0.29) is 23.1 Å². The van der Waals surface area contributed by atoms with Crippen molar-refractivity contribution in [2.24, 2.45) is 0 Å². The second-order valence-corrected chi connectivity index (χ2v) is 8.24. The molecule has 0 atom stereocenters. The standard InChI is InChI=1S/C21H20ClN3O4S/c1-14(21(27)24-11-9-23(10-12-24)15(2)26)16-7-8-20(18(13-16)25(28)29)30-19-6-4-3-5-17(19)22/h3-8,13H,1,9-12H2,2H3. The molecule has 0 unspecified atom stereocenters. The minimum absolute atomic E-state index is 0.0249. The van der Waals surface area contributed by atoms with Crippen molar-refractivity contribution < 1.29 is 14.5 Å². The van der Waals surface area contributed by atoms with Crippen LogP contribution in [0.5, 0.6) is 0 Å². The fourth-order valence-corrected chi connectivity index (χ4v) is 4.29. The highest BCUT2D eigenvalue weighted by atomic mass is 35.5. The van der Waals surface area contributed by atoms with Crippen molar-refractivity contribution in [1.82, 2.24) is 9.80 Å². The number of nitrogens with zero attached hydrogens (tertiary/aromatic N) is 3. The average Bonchev–Trinajstić information content (AvgIpc) is 2.74. The highest BCUT2D eigenvalue weighted by Crippen LogP contribution is 2.39. The third kappa shape index (κ3) is 4.83. The number of amides is 2. The number of benzene rings is 2. The fraction of sp³-hybridized carbons (Fsp3) is 0.238. The first-order valence-electron chi connectivity index (χ1n) is 9.23.